The molecule has 0 unspecified atom stereocenters. The van der Waals surface area contributed by atoms with E-state index in [1.165, 1.54) is 5.56 Å². The van der Waals surface area contributed by atoms with Crippen molar-refractivity contribution in [3.8, 4) is 11.5 Å². The molecule has 1 saturated heterocycles. The number of ether oxygens (including phenoxy) is 2. The summed E-state index contributed by atoms with van der Waals surface area (Å²) in [6.07, 6.45) is 2.84. The number of hydrogen-bond donors (Lipinski definition) is 1. The molecule has 2 aliphatic heterocycles. The lowest BCUT2D eigenvalue weighted by Gasteiger charge is -2.34. The summed E-state index contributed by atoms with van der Waals surface area (Å²) < 4.78 is 10.7. The lowest BCUT2D eigenvalue weighted by Crippen LogP contribution is -2.44. The molecule has 2 atom stereocenters. The molecule has 8 heteroatoms. The molecule has 1 N–H and O–H groups in total. The molecule has 2 heterocycles. The molecular formula is C24H25N3O5. The zero-order chi connectivity index (χ0) is 22.5. The van der Waals surface area contributed by atoms with Crippen molar-refractivity contribution in [2.45, 2.75) is 37.8 Å². The van der Waals surface area contributed by atoms with Crippen molar-refractivity contribution < 1.29 is 23.9 Å². The van der Waals surface area contributed by atoms with Crippen molar-refractivity contribution in [2.24, 2.45) is 0 Å². The van der Waals surface area contributed by atoms with Gasteiger partial charge in [0.1, 0.15) is 12.1 Å². The van der Waals surface area contributed by atoms with E-state index < -0.39 is 17.5 Å². The summed E-state index contributed by atoms with van der Waals surface area (Å²) in [5, 5.41) is 2.75. The predicted octanol–water partition coefficient (Wildman–Crippen LogP) is 2.72. The Morgan fingerprint density at radius 1 is 1.19 bits per heavy atom. The minimum Gasteiger partial charge on any atom is -0.454 e. The molecule has 0 bridgehead atoms. The van der Waals surface area contributed by atoms with Crippen LogP contribution >= 0.6 is 0 Å². The van der Waals surface area contributed by atoms with Gasteiger partial charge in [-0.1, -0.05) is 30.3 Å². The number of fused-ring (bicyclic) bond motifs is 2. The second-order valence-corrected chi connectivity index (χ2v) is 8.63. The number of benzene rings is 2. The third-order valence-corrected chi connectivity index (χ3v) is 6.72. The van der Waals surface area contributed by atoms with Gasteiger partial charge >= 0.3 is 6.03 Å². The molecular weight excluding hydrogens is 410 g/mol. The number of carbonyl (C=O) groups excluding carboxylic acids is 3. The van der Waals surface area contributed by atoms with Gasteiger partial charge in [0.05, 0.1) is 6.04 Å². The predicted molar refractivity (Wildman–Crippen MR) is 115 cm³/mol. The zero-order valence-electron chi connectivity index (χ0n) is 18.1. The SMILES string of the molecule is CN(C(=O)CN1C(=O)N[C@](C)(c2ccc3c(c2)OCO3)C1=O)[C@H]1CCCc2ccccc21. The van der Waals surface area contributed by atoms with Gasteiger partial charge < -0.3 is 19.7 Å². The number of carbonyl (C=O) groups is 3. The van der Waals surface area contributed by atoms with E-state index in [9.17, 15) is 14.4 Å². The topological polar surface area (TPSA) is 88.2 Å². The van der Waals surface area contributed by atoms with Crippen LogP contribution in [0.25, 0.3) is 0 Å². The Morgan fingerprint density at radius 2 is 1.97 bits per heavy atom. The van der Waals surface area contributed by atoms with Crippen molar-refractivity contribution in [1.29, 1.82) is 0 Å². The highest BCUT2D eigenvalue weighted by Gasteiger charge is 2.50. The lowest BCUT2D eigenvalue weighted by molar-refractivity contribution is -0.139. The highest BCUT2D eigenvalue weighted by Crippen LogP contribution is 2.38. The maximum atomic E-state index is 13.3. The number of aryl methyl sites for hydroxylation is 1. The minimum absolute atomic E-state index is 0.0616. The normalized spacial score (nSPS) is 23.7. The number of amides is 4. The number of likely N-dealkylation sites (N-methyl/N-ethyl adjacent to an activating group) is 1. The van der Waals surface area contributed by atoms with Gasteiger partial charge in [0.15, 0.2) is 11.5 Å². The Bertz CT molecular complexity index is 1120. The van der Waals surface area contributed by atoms with Gasteiger partial charge in [0, 0.05) is 7.05 Å². The van der Waals surface area contributed by atoms with Gasteiger partial charge in [-0.3, -0.25) is 14.5 Å². The number of hydrogen-bond acceptors (Lipinski definition) is 5. The average Bonchev–Trinajstić information content (AvgIpc) is 3.36. The van der Waals surface area contributed by atoms with Crippen molar-refractivity contribution in [3.63, 3.8) is 0 Å². The van der Waals surface area contributed by atoms with E-state index in [1.54, 1.807) is 37.1 Å². The Balaban J connectivity index is 1.34. The van der Waals surface area contributed by atoms with Gasteiger partial charge in [-0.2, -0.15) is 0 Å². The van der Waals surface area contributed by atoms with Crippen LogP contribution in [-0.4, -0.2) is 48.0 Å². The first-order valence-corrected chi connectivity index (χ1v) is 10.8. The summed E-state index contributed by atoms with van der Waals surface area (Å²) in [5.41, 5.74) is 1.67. The fourth-order valence-corrected chi connectivity index (χ4v) is 4.79. The van der Waals surface area contributed by atoms with Crippen LogP contribution in [-0.2, 0) is 21.5 Å². The van der Waals surface area contributed by atoms with Crippen LogP contribution in [0.4, 0.5) is 4.79 Å². The van der Waals surface area contributed by atoms with Crippen LogP contribution < -0.4 is 14.8 Å². The zero-order valence-corrected chi connectivity index (χ0v) is 18.1. The summed E-state index contributed by atoms with van der Waals surface area (Å²) >= 11 is 0. The van der Waals surface area contributed by atoms with E-state index >= 15 is 0 Å². The smallest absolute Gasteiger partial charge is 0.325 e. The fraction of sp³-hybridized carbons (Fsp3) is 0.375. The van der Waals surface area contributed by atoms with E-state index in [2.05, 4.69) is 11.4 Å². The standard InChI is InChI=1S/C24H25N3O5/c1-24(16-10-11-19-20(12-16)32-14-31-19)22(29)27(23(30)25-24)13-21(28)26(2)18-9-5-7-15-6-3-4-8-17(15)18/h3-4,6,8,10-12,18H,5,7,9,13-14H2,1-2H3,(H,25,30)/t18-,24+/m0/s1. The molecule has 0 aromatic heterocycles. The van der Waals surface area contributed by atoms with Crippen LogP contribution in [0, 0.1) is 0 Å². The van der Waals surface area contributed by atoms with Gasteiger partial charge in [-0.05, 0) is 55.0 Å². The van der Waals surface area contributed by atoms with E-state index in [0.717, 1.165) is 29.7 Å². The van der Waals surface area contributed by atoms with Crippen LogP contribution in [0.3, 0.4) is 0 Å². The molecule has 32 heavy (non-hydrogen) atoms. The van der Waals surface area contributed by atoms with E-state index in [1.807, 2.05) is 18.2 Å². The largest absolute Gasteiger partial charge is 0.454 e. The average molecular weight is 435 g/mol. The quantitative estimate of drug-likeness (QED) is 0.746. The molecule has 8 nitrogen and oxygen atoms in total. The number of nitrogens with one attached hydrogen (secondary N) is 1. The third kappa shape index (κ3) is 3.18. The van der Waals surface area contributed by atoms with E-state index in [0.29, 0.717) is 17.1 Å². The van der Waals surface area contributed by atoms with Crippen molar-refractivity contribution >= 4 is 17.8 Å². The maximum absolute atomic E-state index is 13.3. The van der Waals surface area contributed by atoms with E-state index in [4.69, 9.17) is 9.47 Å². The molecule has 166 valence electrons. The Kier molecular flexibility index (Phi) is 4.80. The number of urea groups is 1. The number of imide groups is 1. The molecule has 2 aromatic carbocycles. The van der Waals surface area contributed by atoms with Crippen LogP contribution in [0.2, 0.25) is 0 Å². The maximum Gasteiger partial charge on any atom is 0.325 e. The molecule has 5 rings (SSSR count). The second-order valence-electron chi connectivity index (χ2n) is 8.63. The van der Waals surface area contributed by atoms with Gasteiger partial charge in [0.25, 0.3) is 5.91 Å². The Hall–Kier alpha value is -3.55. The van der Waals surface area contributed by atoms with Gasteiger partial charge in [-0.25, -0.2) is 4.79 Å². The van der Waals surface area contributed by atoms with Crippen molar-refractivity contribution in [3.05, 3.63) is 59.2 Å². The molecule has 0 spiro atoms. The first kappa shape index (κ1) is 20.4. The van der Waals surface area contributed by atoms with Crippen LogP contribution in [0.15, 0.2) is 42.5 Å². The summed E-state index contributed by atoms with van der Waals surface area (Å²) in [6.45, 7) is 1.45. The molecule has 0 radical (unpaired) electrons. The van der Waals surface area contributed by atoms with Crippen LogP contribution in [0.5, 0.6) is 11.5 Å². The minimum atomic E-state index is -1.28. The Morgan fingerprint density at radius 3 is 2.81 bits per heavy atom. The monoisotopic (exact) mass is 435 g/mol. The molecule has 2 aromatic rings. The van der Waals surface area contributed by atoms with Gasteiger partial charge in [0.2, 0.25) is 12.7 Å². The van der Waals surface area contributed by atoms with E-state index in [-0.39, 0.29) is 25.3 Å². The summed E-state index contributed by atoms with van der Waals surface area (Å²) in [6, 6.07) is 12.6. The number of rotatable bonds is 4. The molecule has 3 aliphatic rings. The van der Waals surface area contributed by atoms with Crippen molar-refractivity contribution in [2.75, 3.05) is 20.4 Å². The molecule has 1 fully saturated rings. The van der Waals surface area contributed by atoms with Crippen LogP contribution in [0.1, 0.15) is 42.5 Å². The molecule has 4 amide bonds. The lowest BCUT2D eigenvalue weighted by atomic mass is 9.87. The first-order chi connectivity index (χ1) is 15.4. The third-order valence-electron chi connectivity index (χ3n) is 6.72. The summed E-state index contributed by atoms with van der Waals surface area (Å²) in [4.78, 5) is 41.8. The summed E-state index contributed by atoms with van der Waals surface area (Å²) in [7, 11) is 1.74. The number of nitrogens with zero attached hydrogens (tertiary/aromatic N) is 2. The highest BCUT2D eigenvalue weighted by atomic mass is 16.7. The Labute approximate surface area is 186 Å². The first-order valence-electron chi connectivity index (χ1n) is 10.8. The van der Waals surface area contributed by atoms with Gasteiger partial charge in [-0.15, -0.1) is 0 Å². The molecule has 0 saturated carbocycles. The molecule has 1 aliphatic carbocycles. The van der Waals surface area contributed by atoms with Crippen molar-refractivity contribution in [1.82, 2.24) is 15.1 Å². The second kappa shape index (κ2) is 7.55. The summed E-state index contributed by atoms with van der Waals surface area (Å²) in [5.74, 6) is 0.379. The highest BCUT2D eigenvalue weighted by molar-refractivity contribution is 6.09. The fourth-order valence-electron chi connectivity index (χ4n) is 4.79.